The Labute approximate surface area is 665 Å². The molecule has 0 spiro atoms. The summed E-state index contributed by atoms with van der Waals surface area (Å²) in [6, 6.07) is 81.1. The fourth-order valence-corrected chi connectivity index (χ4v) is 19.0. The molecule has 0 aliphatic carbocycles. The van der Waals surface area contributed by atoms with Gasteiger partial charge in [0, 0.05) is 11.3 Å². The number of ether oxygens (including phenoxy) is 15. The maximum atomic E-state index is 15.3. The third kappa shape index (κ3) is 21.9. The zero-order valence-electron chi connectivity index (χ0n) is 64.6. The maximum Gasteiger partial charge on any atom is 0.338 e. The molecule has 0 N–H and O–H groups in total. The highest BCUT2D eigenvalue weighted by molar-refractivity contribution is 6.99. The van der Waals surface area contributed by atoms with Crippen molar-refractivity contribution in [3.8, 4) is 5.75 Å². The maximum absolute atomic E-state index is 15.3. The topological polar surface area (TPSA) is 265 Å². The Bertz CT molecular complexity index is 4450. The first-order valence-electron chi connectivity index (χ1n) is 38.2. The van der Waals surface area contributed by atoms with Gasteiger partial charge in [0.1, 0.15) is 66.4 Å². The van der Waals surface area contributed by atoms with Crippen LogP contribution in [-0.2, 0) is 125 Å². The molecular weight excluding hydrogens is 1470 g/mol. The number of carbonyl (C=O) groups excluding carboxylic acids is 4. The second-order valence-corrected chi connectivity index (χ2v) is 33.3. The number of ketones is 1. The van der Waals surface area contributed by atoms with E-state index in [9.17, 15) is 15.1 Å². The number of Topliss-reactive ketones (excluding diaryl/α,β-unsaturated/α-hetero) is 1. The van der Waals surface area contributed by atoms with Crippen LogP contribution in [0, 0.1) is 0 Å². The van der Waals surface area contributed by atoms with Crippen LogP contribution in [0.2, 0.25) is 5.04 Å². The summed E-state index contributed by atoms with van der Waals surface area (Å²) in [7, 11) is -0.821. The average molecular weight is 1570 g/mol. The van der Waals surface area contributed by atoms with E-state index < -0.39 is 130 Å². The molecule has 114 heavy (non-hydrogen) atoms. The average Bonchev–Trinajstić information content (AvgIpc) is 0.748. The van der Waals surface area contributed by atoms with Crippen molar-refractivity contribution in [3.05, 3.63) is 316 Å². The zero-order valence-corrected chi connectivity index (χ0v) is 65.6. The van der Waals surface area contributed by atoms with Gasteiger partial charge in [0.2, 0.25) is 0 Å². The molecule has 3 fully saturated rings. The lowest BCUT2D eigenvalue weighted by Gasteiger charge is -2.50. The lowest BCUT2D eigenvalue weighted by atomic mass is 9.94. The van der Waals surface area contributed by atoms with Crippen molar-refractivity contribution in [2.75, 3.05) is 27.4 Å². The highest BCUT2D eigenvalue weighted by Gasteiger charge is 2.59. The number of carbonyl (C=O) groups is 4. The molecule has 0 radical (unpaired) electrons. The second kappa shape index (κ2) is 41.3. The number of hydrogen-bond donors (Lipinski definition) is 0. The smallest absolute Gasteiger partial charge is 0.338 e. The van der Waals surface area contributed by atoms with E-state index in [-0.39, 0.29) is 70.4 Å². The predicted molar refractivity (Wildman–Crippen MR) is 424 cm³/mol. The molecule has 3 aliphatic rings. The summed E-state index contributed by atoms with van der Waals surface area (Å²) < 4.78 is 110. The van der Waals surface area contributed by atoms with Gasteiger partial charge in [0.25, 0.3) is 8.32 Å². The van der Waals surface area contributed by atoms with E-state index >= 15 is 9.59 Å². The van der Waals surface area contributed by atoms with Crippen molar-refractivity contribution in [2.24, 2.45) is 5.11 Å². The molecule has 3 saturated heterocycles. The molecule has 9 aromatic carbocycles. The fraction of sp³-hybridized carbons (Fsp3) is 0.356. The van der Waals surface area contributed by atoms with Gasteiger partial charge in [-0.1, -0.05) is 269 Å². The number of azide groups is 1. The Morgan fingerprint density at radius 1 is 0.421 bits per heavy atom. The molecule has 9 aromatic rings. The van der Waals surface area contributed by atoms with E-state index in [0.29, 0.717) is 16.9 Å². The summed E-state index contributed by atoms with van der Waals surface area (Å²) >= 11 is 0. The first kappa shape index (κ1) is 83.3. The van der Waals surface area contributed by atoms with E-state index in [0.717, 1.165) is 39.7 Å². The van der Waals surface area contributed by atoms with Crippen LogP contribution in [-0.4, -0.2) is 151 Å². The molecule has 3 heterocycles. The molecular formula is C90H97N3O20Si. The van der Waals surface area contributed by atoms with Gasteiger partial charge in [-0.15, -0.1) is 0 Å². The molecule has 15 atom stereocenters. The zero-order chi connectivity index (χ0) is 79.7. The van der Waals surface area contributed by atoms with Gasteiger partial charge >= 0.3 is 17.9 Å². The van der Waals surface area contributed by atoms with Crippen molar-refractivity contribution in [1.29, 1.82) is 0 Å². The quantitative estimate of drug-likeness (QED) is 0.00874. The SMILES string of the molecule is COC(=O)[C@H]1O[C@@H](OC[C@H]2O[C@@H](OCc3ccccc3)[C@H](OCc3ccccc3)[C@@H](OCc3ccccc3)[C@@H]2OCc2ccccc2)[C@H](OC(=O)c2ccccc2)[C@@H](OCc2ccccc2)[C@@H]1O[C@H]1O[C@H](CO[Si](c2ccccc2)(c2ccccc2)C(C)(C)C)[C@@H](OC(=O)CCC(C)=O)[C@H](OCc2ccc(OC)cc2)[C@H]1N=[N+]=[N-]. The van der Waals surface area contributed by atoms with Crippen molar-refractivity contribution in [2.45, 2.75) is 177 Å². The summed E-state index contributed by atoms with van der Waals surface area (Å²) in [6.07, 6.45) is -20.7. The molecule has 12 rings (SSSR count). The standard InChI is InChI=1S/C90H97N3O20Si/c1-61(94)47-52-74(95)110-77-73(60-107-114(90(2,3)4,70-43-27-13-28-44-70)71-45-29-14-30-46-71)108-87(75(92-93-91)78(77)101-57-67-48-50-69(98-5)51-49-67)112-81-80(103-55-64-35-19-9-20-36-64)84(111-85(96)68-41-25-12-26-42-68)89(113-82(81)86(97)99-6)106-59-72-76(100-53-62-31-15-7-16-32-62)79(102-54-63-33-17-8-18-34-63)83(104-56-65-37-21-10-22-38-65)88(109-72)105-58-66-39-23-11-24-40-66/h7-46,48-51,72-73,75-84,87-89H,47,52-60H2,1-6H3/t72-,73-,75-,76-,77-,78-,79+,80+,81+,82+,83-,84-,87-,88-,89-/m1/s1. The van der Waals surface area contributed by atoms with Crippen LogP contribution in [0.1, 0.15) is 84.3 Å². The summed E-state index contributed by atoms with van der Waals surface area (Å²) in [5.41, 5.74) is 15.7. The van der Waals surface area contributed by atoms with Gasteiger partial charge < -0.3 is 80.3 Å². The van der Waals surface area contributed by atoms with Gasteiger partial charge in [0.05, 0.1) is 79.1 Å². The van der Waals surface area contributed by atoms with Gasteiger partial charge in [-0.25, -0.2) is 9.59 Å². The first-order valence-corrected chi connectivity index (χ1v) is 40.1. The Hall–Kier alpha value is -10.1. The van der Waals surface area contributed by atoms with E-state index in [4.69, 9.17) is 75.5 Å². The Kier molecular flexibility index (Phi) is 30.2. The number of esters is 3. The molecule has 24 heteroatoms. The van der Waals surface area contributed by atoms with E-state index in [1.807, 2.05) is 212 Å². The minimum Gasteiger partial charge on any atom is -0.497 e. The van der Waals surface area contributed by atoms with Crippen molar-refractivity contribution in [1.82, 2.24) is 0 Å². The lowest BCUT2D eigenvalue weighted by molar-refractivity contribution is -0.359. The number of benzene rings is 9. The van der Waals surface area contributed by atoms with Gasteiger partial charge in [-0.2, -0.15) is 0 Å². The van der Waals surface area contributed by atoms with Crippen LogP contribution in [0.25, 0.3) is 10.4 Å². The van der Waals surface area contributed by atoms with Gasteiger partial charge in [-0.3, -0.25) is 4.79 Å². The van der Waals surface area contributed by atoms with E-state index in [1.54, 1.807) is 61.7 Å². The summed E-state index contributed by atoms with van der Waals surface area (Å²) in [4.78, 5) is 60.9. The molecule has 0 bridgehead atoms. The molecule has 0 aromatic heterocycles. The Morgan fingerprint density at radius 3 is 1.30 bits per heavy atom. The first-order chi connectivity index (χ1) is 55.6. The Balaban J connectivity index is 0.976. The fourth-order valence-electron chi connectivity index (χ4n) is 14.4. The highest BCUT2D eigenvalue weighted by atomic mass is 28.4. The van der Waals surface area contributed by atoms with Crippen LogP contribution in [0.5, 0.6) is 5.75 Å². The minimum absolute atomic E-state index is 0.0660. The van der Waals surface area contributed by atoms with Crippen LogP contribution in [0.15, 0.2) is 272 Å². The third-order valence-corrected chi connectivity index (χ3v) is 25.1. The largest absolute Gasteiger partial charge is 0.497 e. The Morgan fingerprint density at radius 2 is 0.833 bits per heavy atom. The molecule has 3 aliphatic heterocycles. The number of rotatable bonds is 37. The van der Waals surface area contributed by atoms with Crippen molar-refractivity contribution < 1.29 is 94.7 Å². The van der Waals surface area contributed by atoms with Crippen molar-refractivity contribution in [3.63, 3.8) is 0 Å². The lowest BCUT2D eigenvalue weighted by Crippen LogP contribution is -2.69. The highest BCUT2D eigenvalue weighted by Crippen LogP contribution is 2.42. The summed E-state index contributed by atoms with van der Waals surface area (Å²) in [5.74, 6) is -2.36. The predicted octanol–water partition coefficient (Wildman–Crippen LogP) is 13.7. The number of methoxy groups -OCH3 is 2. The second-order valence-electron chi connectivity index (χ2n) is 29.0. The summed E-state index contributed by atoms with van der Waals surface area (Å²) in [5, 5.41) is 5.57. The van der Waals surface area contributed by atoms with Crippen LogP contribution >= 0.6 is 0 Å². The molecule has 23 nitrogen and oxygen atoms in total. The van der Waals surface area contributed by atoms with Gasteiger partial charge in [-0.05, 0) is 85.5 Å². The number of nitrogens with zero attached hydrogens (tertiary/aromatic N) is 3. The minimum atomic E-state index is -3.53. The van der Waals surface area contributed by atoms with E-state index in [1.165, 1.54) is 6.92 Å². The van der Waals surface area contributed by atoms with Crippen molar-refractivity contribution >= 4 is 42.4 Å². The van der Waals surface area contributed by atoms with Crippen LogP contribution in [0.3, 0.4) is 0 Å². The monoisotopic (exact) mass is 1570 g/mol. The molecule has 0 unspecified atom stereocenters. The van der Waals surface area contributed by atoms with Gasteiger partial charge in [0.15, 0.2) is 37.2 Å². The third-order valence-electron chi connectivity index (χ3n) is 20.1. The molecule has 0 amide bonds. The molecule has 0 saturated carbocycles. The van der Waals surface area contributed by atoms with Crippen LogP contribution in [0.4, 0.5) is 0 Å². The van der Waals surface area contributed by atoms with Crippen LogP contribution < -0.4 is 15.1 Å². The summed E-state index contributed by atoms with van der Waals surface area (Å²) in [6.45, 7) is 6.90. The van der Waals surface area contributed by atoms with E-state index in [2.05, 4.69) is 30.8 Å². The molecule has 596 valence electrons. The normalized spacial score (nSPS) is 23.6. The number of hydrogen-bond acceptors (Lipinski definition) is 21.